The van der Waals surface area contributed by atoms with Gasteiger partial charge in [0, 0.05) is 0 Å². The van der Waals surface area contributed by atoms with Crippen LogP contribution in [0.15, 0.2) is 36.4 Å². The first-order valence-corrected chi connectivity index (χ1v) is 4.92. The summed E-state index contributed by atoms with van der Waals surface area (Å²) in [5, 5.41) is 0. The van der Waals surface area contributed by atoms with E-state index in [1.807, 2.05) is 36.4 Å². The fourth-order valence-electron chi connectivity index (χ4n) is 1.69. The number of aryl methyl sites for hydroxylation is 2. The van der Waals surface area contributed by atoms with E-state index in [9.17, 15) is 4.39 Å². The van der Waals surface area contributed by atoms with Crippen LogP contribution in [0.1, 0.15) is 11.1 Å². The molecular formula is C14H12F. The quantitative estimate of drug-likeness (QED) is 0.653. The van der Waals surface area contributed by atoms with Crippen LogP contribution in [0.2, 0.25) is 0 Å². The lowest BCUT2D eigenvalue weighted by atomic mass is 10.0. The molecule has 0 atom stereocenters. The molecule has 0 saturated heterocycles. The Morgan fingerprint density at radius 1 is 0.933 bits per heavy atom. The minimum absolute atomic E-state index is 0.110. The Morgan fingerprint density at radius 2 is 1.47 bits per heavy atom. The lowest BCUT2D eigenvalue weighted by molar-refractivity contribution is 0.609. The zero-order valence-electron chi connectivity index (χ0n) is 8.84. The Kier molecular flexibility index (Phi) is 2.55. The van der Waals surface area contributed by atoms with E-state index < -0.39 is 0 Å². The molecule has 0 amide bonds. The molecule has 1 radical (unpaired) electrons. The maximum absolute atomic E-state index is 13.4. The average Bonchev–Trinajstić information content (AvgIpc) is 2.26. The molecular weight excluding hydrogens is 187 g/mol. The van der Waals surface area contributed by atoms with Crippen LogP contribution in [0.3, 0.4) is 0 Å². The summed E-state index contributed by atoms with van der Waals surface area (Å²) in [7, 11) is 0. The molecule has 0 heterocycles. The first-order valence-electron chi connectivity index (χ1n) is 4.92. The van der Waals surface area contributed by atoms with E-state index in [-0.39, 0.29) is 5.82 Å². The number of hydrogen-bond acceptors (Lipinski definition) is 0. The summed E-state index contributed by atoms with van der Waals surface area (Å²) >= 11 is 0. The largest absolute Gasteiger partial charge is 0.206 e. The summed E-state index contributed by atoms with van der Waals surface area (Å²) in [6, 6.07) is 14.4. The van der Waals surface area contributed by atoms with E-state index in [1.165, 1.54) is 0 Å². The molecule has 0 spiro atoms. The minimum atomic E-state index is -0.110. The van der Waals surface area contributed by atoms with Crippen LogP contribution in [-0.2, 0) is 0 Å². The maximum atomic E-state index is 13.4. The Morgan fingerprint density at radius 3 is 2.00 bits per heavy atom. The zero-order chi connectivity index (χ0) is 10.8. The molecule has 75 valence electrons. The van der Waals surface area contributed by atoms with Crippen molar-refractivity contribution in [3.8, 4) is 11.1 Å². The number of benzene rings is 2. The second-order valence-electron chi connectivity index (χ2n) is 3.71. The molecule has 2 rings (SSSR count). The highest BCUT2D eigenvalue weighted by molar-refractivity contribution is 5.65. The zero-order valence-corrected chi connectivity index (χ0v) is 8.84. The molecule has 0 fully saturated rings. The van der Waals surface area contributed by atoms with Gasteiger partial charge < -0.3 is 0 Å². The number of hydrogen-bond donors (Lipinski definition) is 0. The van der Waals surface area contributed by atoms with Crippen LogP contribution in [-0.4, -0.2) is 0 Å². The fraction of sp³-hybridized carbons (Fsp3) is 0.143. The van der Waals surface area contributed by atoms with Crippen molar-refractivity contribution in [1.29, 1.82) is 0 Å². The van der Waals surface area contributed by atoms with Gasteiger partial charge >= 0.3 is 0 Å². The summed E-state index contributed by atoms with van der Waals surface area (Å²) < 4.78 is 13.4. The SMILES string of the molecule is Cc1cc(-c2cc[c]cc2)cc(C)c1F. The van der Waals surface area contributed by atoms with Crippen LogP contribution >= 0.6 is 0 Å². The van der Waals surface area contributed by atoms with Gasteiger partial charge in [0.25, 0.3) is 0 Å². The average molecular weight is 199 g/mol. The third kappa shape index (κ3) is 1.91. The summed E-state index contributed by atoms with van der Waals surface area (Å²) in [4.78, 5) is 0. The second kappa shape index (κ2) is 3.85. The molecule has 0 aliphatic heterocycles. The van der Waals surface area contributed by atoms with Gasteiger partial charge in [-0.05, 0) is 54.3 Å². The summed E-state index contributed by atoms with van der Waals surface area (Å²) in [6.07, 6.45) is 0. The highest BCUT2D eigenvalue weighted by Crippen LogP contribution is 2.23. The Labute approximate surface area is 89.4 Å². The summed E-state index contributed by atoms with van der Waals surface area (Å²) in [6.45, 7) is 3.59. The fourth-order valence-corrected chi connectivity index (χ4v) is 1.69. The van der Waals surface area contributed by atoms with Crippen molar-refractivity contribution in [3.63, 3.8) is 0 Å². The molecule has 15 heavy (non-hydrogen) atoms. The summed E-state index contributed by atoms with van der Waals surface area (Å²) in [5.41, 5.74) is 3.54. The van der Waals surface area contributed by atoms with Gasteiger partial charge in [-0.25, -0.2) is 4.39 Å². The van der Waals surface area contributed by atoms with Crippen molar-refractivity contribution >= 4 is 0 Å². The van der Waals surface area contributed by atoms with Crippen LogP contribution in [0.5, 0.6) is 0 Å². The predicted molar refractivity (Wildman–Crippen MR) is 60.1 cm³/mol. The molecule has 0 saturated carbocycles. The van der Waals surface area contributed by atoms with Crippen LogP contribution < -0.4 is 0 Å². The highest BCUT2D eigenvalue weighted by Gasteiger charge is 2.05. The normalized spacial score (nSPS) is 10.3. The molecule has 0 bridgehead atoms. The van der Waals surface area contributed by atoms with E-state index in [4.69, 9.17) is 0 Å². The molecule has 2 aromatic carbocycles. The molecule has 0 aliphatic rings. The third-order valence-electron chi connectivity index (χ3n) is 2.49. The van der Waals surface area contributed by atoms with E-state index >= 15 is 0 Å². The minimum Gasteiger partial charge on any atom is -0.206 e. The second-order valence-corrected chi connectivity index (χ2v) is 3.71. The van der Waals surface area contributed by atoms with Gasteiger partial charge in [0.1, 0.15) is 5.82 Å². The Bertz CT molecular complexity index is 449. The molecule has 0 unspecified atom stereocenters. The van der Waals surface area contributed by atoms with Gasteiger partial charge in [0.2, 0.25) is 0 Å². The monoisotopic (exact) mass is 199 g/mol. The van der Waals surface area contributed by atoms with Gasteiger partial charge in [0.05, 0.1) is 0 Å². The van der Waals surface area contributed by atoms with Crippen molar-refractivity contribution in [2.24, 2.45) is 0 Å². The molecule has 0 N–H and O–H groups in total. The van der Waals surface area contributed by atoms with Crippen molar-refractivity contribution in [2.45, 2.75) is 13.8 Å². The van der Waals surface area contributed by atoms with E-state index in [1.54, 1.807) is 13.8 Å². The lowest BCUT2D eigenvalue weighted by Gasteiger charge is -2.06. The third-order valence-corrected chi connectivity index (χ3v) is 2.49. The van der Waals surface area contributed by atoms with Gasteiger partial charge in [-0.3, -0.25) is 0 Å². The van der Waals surface area contributed by atoms with Crippen molar-refractivity contribution < 1.29 is 4.39 Å². The van der Waals surface area contributed by atoms with Crippen LogP contribution in [0, 0.1) is 25.7 Å². The smallest absolute Gasteiger partial charge is 0.129 e. The number of rotatable bonds is 1. The van der Waals surface area contributed by atoms with Crippen molar-refractivity contribution in [1.82, 2.24) is 0 Å². The van der Waals surface area contributed by atoms with E-state index in [0.717, 1.165) is 11.1 Å². The van der Waals surface area contributed by atoms with Gasteiger partial charge in [-0.1, -0.05) is 24.3 Å². The standard InChI is InChI=1S/C14H12F/c1-10-8-13(9-11(2)14(10)15)12-6-4-3-5-7-12/h4-9H,1-2H3. The first kappa shape index (κ1) is 9.91. The molecule has 2 aromatic rings. The Hall–Kier alpha value is -1.63. The van der Waals surface area contributed by atoms with Crippen molar-refractivity contribution in [3.05, 3.63) is 59.4 Å². The van der Waals surface area contributed by atoms with Crippen molar-refractivity contribution in [2.75, 3.05) is 0 Å². The van der Waals surface area contributed by atoms with Crippen LogP contribution in [0.25, 0.3) is 11.1 Å². The molecule has 0 aromatic heterocycles. The first-order chi connectivity index (χ1) is 7.18. The van der Waals surface area contributed by atoms with Gasteiger partial charge in [-0.15, -0.1) is 0 Å². The van der Waals surface area contributed by atoms with Gasteiger partial charge in [-0.2, -0.15) is 0 Å². The molecule has 1 heteroatoms. The Balaban J connectivity index is 2.56. The highest BCUT2D eigenvalue weighted by atomic mass is 19.1. The summed E-state index contributed by atoms with van der Waals surface area (Å²) in [5.74, 6) is -0.110. The topological polar surface area (TPSA) is 0 Å². The van der Waals surface area contributed by atoms with E-state index in [0.29, 0.717) is 11.1 Å². The lowest BCUT2D eigenvalue weighted by Crippen LogP contribution is -1.89. The van der Waals surface area contributed by atoms with E-state index in [2.05, 4.69) is 6.07 Å². The molecule has 0 nitrogen and oxygen atoms in total. The predicted octanol–water partition coefficient (Wildman–Crippen LogP) is 3.91. The van der Waals surface area contributed by atoms with Crippen LogP contribution in [0.4, 0.5) is 4.39 Å². The maximum Gasteiger partial charge on any atom is 0.129 e. The van der Waals surface area contributed by atoms with Gasteiger partial charge in [0.15, 0.2) is 0 Å². The molecule has 0 aliphatic carbocycles. The number of halogens is 1.